The first-order chi connectivity index (χ1) is 12.1. The monoisotopic (exact) mass is 344 g/mol. The number of aliphatic hydroxyl groups is 1. The zero-order chi connectivity index (χ0) is 17.4. The van der Waals surface area contributed by atoms with Gasteiger partial charge in [0, 0.05) is 37.0 Å². The highest BCUT2D eigenvalue weighted by Crippen LogP contribution is 2.51. The van der Waals surface area contributed by atoms with Crippen LogP contribution < -0.4 is 5.73 Å². The first-order valence-corrected chi connectivity index (χ1v) is 9.55. The number of piperidine rings is 1. The topological polar surface area (TPSA) is 75.8 Å². The van der Waals surface area contributed by atoms with Gasteiger partial charge in [-0.15, -0.1) is 0 Å². The van der Waals surface area contributed by atoms with Crippen molar-refractivity contribution in [2.45, 2.75) is 50.7 Å². The molecule has 1 saturated carbocycles. The van der Waals surface area contributed by atoms with Crippen LogP contribution in [0.3, 0.4) is 0 Å². The molecule has 2 atom stereocenters. The molecule has 3 aliphatic rings. The minimum absolute atomic E-state index is 0.0864. The second-order valence-corrected chi connectivity index (χ2v) is 7.76. The van der Waals surface area contributed by atoms with E-state index in [0.717, 1.165) is 31.2 Å². The smallest absolute Gasteiger partial charge is 0.253 e. The van der Waals surface area contributed by atoms with E-state index in [1.807, 2.05) is 11.0 Å². The third-order valence-electron chi connectivity index (χ3n) is 6.51. The van der Waals surface area contributed by atoms with E-state index >= 15 is 0 Å². The summed E-state index contributed by atoms with van der Waals surface area (Å²) in [5.74, 6) is 0.123. The van der Waals surface area contributed by atoms with Gasteiger partial charge in [-0.1, -0.05) is 6.07 Å². The summed E-state index contributed by atoms with van der Waals surface area (Å²) in [6.45, 7) is 2.42. The minimum atomic E-state index is -0.312. The molecule has 5 nitrogen and oxygen atoms in total. The highest BCUT2D eigenvalue weighted by Gasteiger charge is 2.56. The standard InChI is InChI=1S/C20H28N2O3/c21-8-11-25-18-13-17(23)20(18)6-9-22(10-7-20)19(24)16-5-4-14-2-1-3-15(14)12-16/h4-5,12,17-18,23H,1-3,6-11,13,21H2/t17-,18+/m1/s1. The lowest BCUT2D eigenvalue weighted by Crippen LogP contribution is -2.62. The molecule has 0 aromatic heterocycles. The summed E-state index contributed by atoms with van der Waals surface area (Å²) in [6.07, 6.45) is 5.50. The van der Waals surface area contributed by atoms with Gasteiger partial charge in [0.2, 0.25) is 0 Å². The number of carbonyl (C=O) groups excluding carboxylic acids is 1. The molecule has 1 spiro atoms. The number of hydrogen-bond acceptors (Lipinski definition) is 4. The van der Waals surface area contributed by atoms with Crippen LogP contribution in [0.25, 0.3) is 0 Å². The van der Waals surface area contributed by atoms with Gasteiger partial charge in [-0.2, -0.15) is 0 Å². The summed E-state index contributed by atoms with van der Waals surface area (Å²) in [6, 6.07) is 6.18. The van der Waals surface area contributed by atoms with E-state index < -0.39 is 0 Å². The number of likely N-dealkylation sites (tertiary alicyclic amines) is 1. The molecule has 1 aromatic rings. The van der Waals surface area contributed by atoms with E-state index in [1.165, 1.54) is 17.5 Å². The normalized spacial score (nSPS) is 27.2. The van der Waals surface area contributed by atoms with Crippen LogP contribution in [0.1, 0.15) is 47.2 Å². The highest BCUT2D eigenvalue weighted by molar-refractivity contribution is 5.94. The van der Waals surface area contributed by atoms with Crippen molar-refractivity contribution in [2.24, 2.45) is 11.1 Å². The molecule has 136 valence electrons. The third-order valence-corrected chi connectivity index (χ3v) is 6.51. The van der Waals surface area contributed by atoms with Gasteiger partial charge >= 0.3 is 0 Å². The molecule has 5 heteroatoms. The van der Waals surface area contributed by atoms with Gasteiger partial charge in [-0.05, 0) is 55.4 Å². The summed E-state index contributed by atoms with van der Waals surface area (Å²) in [4.78, 5) is 14.8. The molecule has 1 amide bonds. The number of ether oxygens (including phenoxy) is 1. The van der Waals surface area contributed by atoms with Gasteiger partial charge in [0.15, 0.2) is 0 Å². The van der Waals surface area contributed by atoms with Crippen molar-refractivity contribution in [3.63, 3.8) is 0 Å². The van der Waals surface area contributed by atoms with E-state index in [2.05, 4.69) is 12.1 Å². The van der Waals surface area contributed by atoms with Crippen molar-refractivity contribution in [3.05, 3.63) is 34.9 Å². The predicted octanol–water partition coefficient (Wildman–Crippen LogP) is 1.51. The Morgan fingerprint density at radius 2 is 2.04 bits per heavy atom. The first-order valence-electron chi connectivity index (χ1n) is 9.55. The zero-order valence-corrected chi connectivity index (χ0v) is 14.7. The van der Waals surface area contributed by atoms with Crippen molar-refractivity contribution in [2.75, 3.05) is 26.2 Å². The lowest BCUT2D eigenvalue weighted by atomic mass is 9.58. The Morgan fingerprint density at radius 3 is 2.76 bits per heavy atom. The number of nitrogens with zero attached hydrogens (tertiary/aromatic N) is 1. The number of aliphatic hydroxyl groups excluding tert-OH is 1. The molecule has 0 radical (unpaired) electrons. The van der Waals surface area contributed by atoms with Gasteiger partial charge in [0.25, 0.3) is 5.91 Å². The number of carbonyl (C=O) groups is 1. The Bertz CT molecular complexity index is 652. The fourth-order valence-corrected chi connectivity index (χ4v) is 4.84. The predicted molar refractivity (Wildman–Crippen MR) is 95.5 cm³/mol. The van der Waals surface area contributed by atoms with Gasteiger partial charge in [-0.25, -0.2) is 0 Å². The summed E-state index contributed by atoms with van der Waals surface area (Å²) < 4.78 is 5.83. The Hall–Kier alpha value is -1.43. The molecule has 0 unspecified atom stereocenters. The highest BCUT2D eigenvalue weighted by atomic mass is 16.5. The molecule has 0 bridgehead atoms. The molecule has 2 fully saturated rings. The zero-order valence-electron chi connectivity index (χ0n) is 14.7. The molecule has 1 saturated heterocycles. The SMILES string of the molecule is NCCO[C@H]1C[C@@H](O)C12CCN(C(=O)c1ccc3c(c1)CCC3)CC2. The van der Waals surface area contributed by atoms with Gasteiger partial charge in [0.05, 0.1) is 18.8 Å². The second kappa shape index (κ2) is 6.71. The lowest BCUT2D eigenvalue weighted by Gasteiger charge is -2.56. The van der Waals surface area contributed by atoms with E-state index in [-0.39, 0.29) is 23.5 Å². The molecular weight excluding hydrogens is 316 g/mol. The minimum Gasteiger partial charge on any atom is -0.392 e. The Balaban J connectivity index is 1.40. The summed E-state index contributed by atoms with van der Waals surface area (Å²) in [5, 5.41) is 10.3. The Morgan fingerprint density at radius 1 is 1.28 bits per heavy atom. The van der Waals surface area contributed by atoms with Crippen molar-refractivity contribution in [3.8, 4) is 0 Å². The molecule has 1 heterocycles. The molecule has 1 aromatic carbocycles. The van der Waals surface area contributed by atoms with Crippen LogP contribution >= 0.6 is 0 Å². The summed E-state index contributed by atoms with van der Waals surface area (Å²) in [7, 11) is 0. The van der Waals surface area contributed by atoms with E-state index in [1.54, 1.807) is 0 Å². The number of hydrogen-bond donors (Lipinski definition) is 2. The fraction of sp³-hybridized carbons (Fsp3) is 0.650. The Labute approximate surface area is 149 Å². The number of rotatable bonds is 4. The largest absolute Gasteiger partial charge is 0.392 e. The molecular formula is C20H28N2O3. The van der Waals surface area contributed by atoms with E-state index in [0.29, 0.717) is 32.7 Å². The second-order valence-electron chi connectivity index (χ2n) is 7.76. The van der Waals surface area contributed by atoms with Crippen LogP contribution in [0.5, 0.6) is 0 Å². The van der Waals surface area contributed by atoms with Crippen molar-refractivity contribution in [1.82, 2.24) is 4.90 Å². The maximum Gasteiger partial charge on any atom is 0.253 e. The fourth-order valence-electron chi connectivity index (χ4n) is 4.84. The lowest BCUT2D eigenvalue weighted by molar-refractivity contribution is -0.207. The van der Waals surface area contributed by atoms with Crippen LogP contribution in [0.4, 0.5) is 0 Å². The van der Waals surface area contributed by atoms with Gasteiger partial charge < -0.3 is 20.5 Å². The van der Waals surface area contributed by atoms with Crippen molar-refractivity contribution in [1.29, 1.82) is 0 Å². The number of fused-ring (bicyclic) bond motifs is 1. The summed E-state index contributed by atoms with van der Waals surface area (Å²) >= 11 is 0. The summed E-state index contributed by atoms with van der Waals surface area (Å²) in [5.41, 5.74) is 8.90. The number of amides is 1. The van der Waals surface area contributed by atoms with Crippen LogP contribution in [0.2, 0.25) is 0 Å². The molecule has 25 heavy (non-hydrogen) atoms. The van der Waals surface area contributed by atoms with Crippen LogP contribution in [0.15, 0.2) is 18.2 Å². The Kier molecular flexibility index (Phi) is 4.56. The molecule has 3 N–H and O–H groups in total. The van der Waals surface area contributed by atoms with E-state index in [4.69, 9.17) is 10.5 Å². The quantitative estimate of drug-likeness (QED) is 0.868. The average Bonchev–Trinajstić information content (AvgIpc) is 3.12. The number of nitrogens with two attached hydrogens (primary N) is 1. The molecule has 4 rings (SSSR count). The molecule has 2 aliphatic carbocycles. The van der Waals surface area contributed by atoms with Crippen LogP contribution in [0, 0.1) is 5.41 Å². The van der Waals surface area contributed by atoms with Crippen molar-refractivity contribution < 1.29 is 14.6 Å². The maximum atomic E-state index is 12.9. The number of aryl methyl sites for hydroxylation is 2. The van der Waals surface area contributed by atoms with Gasteiger partial charge in [0.1, 0.15) is 0 Å². The van der Waals surface area contributed by atoms with Crippen LogP contribution in [-0.2, 0) is 17.6 Å². The van der Waals surface area contributed by atoms with E-state index in [9.17, 15) is 9.90 Å². The average molecular weight is 344 g/mol. The van der Waals surface area contributed by atoms with Crippen molar-refractivity contribution >= 4 is 5.91 Å². The number of benzene rings is 1. The van der Waals surface area contributed by atoms with Gasteiger partial charge in [-0.3, -0.25) is 4.79 Å². The third kappa shape index (κ3) is 2.88. The maximum absolute atomic E-state index is 12.9. The first kappa shape index (κ1) is 17.0. The van der Waals surface area contributed by atoms with Crippen LogP contribution in [-0.4, -0.2) is 54.4 Å². The molecule has 1 aliphatic heterocycles.